The molecule has 3 heterocycles. The van der Waals surface area contributed by atoms with Gasteiger partial charge in [-0.05, 0) is 75.3 Å². The smallest absolute Gasteiger partial charge is 0.178 e. The van der Waals surface area contributed by atoms with Crippen LogP contribution in [-0.4, -0.2) is 45.1 Å². The van der Waals surface area contributed by atoms with E-state index in [1.807, 2.05) is 31.2 Å². The molecule has 2 bridgehead atoms. The van der Waals surface area contributed by atoms with Crippen LogP contribution in [0.25, 0.3) is 5.69 Å². The van der Waals surface area contributed by atoms with Crippen molar-refractivity contribution in [2.24, 2.45) is 0 Å². The SMILES string of the molecule is Cc1c(C(=O)CN2C3CC[C@@H]2[C@@H](O)C3)cc(C2CCCC2)n1-c1ccc(C#N)cc1. The highest BCUT2D eigenvalue weighted by Gasteiger charge is 2.46. The van der Waals surface area contributed by atoms with Gasteiger partial charge in [-0.2, -0.15) is 5.26 Å². The number of Topliss-reactive ketones (excluding diaryl/α,β-unsaturated/α-hetero) is 1. The van der Waals surface area contributed by atoms with E-state index in [0.717, 1.165) is 49.0 Å². The molecule has 0 radical (unpaired) electrons. The monoisotopic (exact) mass is 403 g/mol. The maximum atomic E-state index is 13.4. The Hall–Kier alpha value is -2.42. The van der Waals surface area contributed by atoms with Gasteiger partial charge in [0.15, 0.2) is 5.78 Å². The number of ketones is 1. The zero-order valence-electron chi connectivity index (χ0n) is 17.6. The molecule has 0 spiro atoms. The molecule has 5 nitrogen and oxygen atoms in total. The third-order valence-electron chi connectivity index (χ3n) is 7.58. The first-order chi connectivity index (χ1) is 14.6. The molecule has 30 heavy (non-hydrogen) atoms. The first-order valence-corrected chi connectivity index (χ1v) is 11.3. The van der Waals surface area contributed by atoms with Gasteiger partial charge in [-0.25, -0.2) is 0 Å². The van der Waals surface area contributed by atoms with E-state index in [9.17, 15) is 9.90 Å². The van der Waals surface area contributed by atoms with Crippen LogP contribution in [-0.2, 0) is 0 Å². The molecular formula is C25H29N3O2. The number of aliphatic hydroxyl groups excluding tert-OH is 1. The number of hydrogen-bond donors (Lipinski definition) is 1. The highest BCUT2D eigenvalue weighted by Crippen LogP contribution is 2.40. The minimum Gasteiger partial charge on any atom is -0.391 e. The number of carbonyl (C=O) groups excluding carboxylic acids is 1. The van der Waals surface area contributed by atoms with E-state index in [1.165, 1.54) is 18.5 Å². The summed E-state index contributed by atoms with van der Waals surface area (Å²) in [5.74, 6) is 0.635. The number of carbonyl (C=O) groups is 1. The Morgan fingerprint density at radius 2 is 1.90 bits per heavy atom. The Kier molecular flexibility index (Phi) is 5.00. The molecule has 1 aliphatic carbocycles. The van der Waals surface area contributed by atoms with Crippen LogP contribution >= 0.6 is 0 Å². The zero-order valence-corrected chi connectivity index (χ0v) is 17.6. The zero-order chi connectivity index (χ0) is 20.8. The van der Waals surface area contributed by atoms with Crippen LogP contribution in [0.2, 0.25) is 0 Å². The Morgan fingerprint density at radius 3 is 2.50 bits per heavy atom. The Morgan fingerprint density at radius 1 is 1.17 bits per heavy atom. The third-order valence-corrected chi connectivity index (χ3v) is 7.58. The first-order valence-electron chi connectivity index (χ1n) is 11.3. The molecule has 2 saturated heterocycles. The highest BCUT2D eigenvalue weighted by molar-refractivity contribution is 5.99. The van der Waals surface area contributed by atoms with Crippen molar-refractivity contribution in [3.63, 3.8) is 0 Å². The van der Waals surface area contributed by atoms with Gasteiger partial charge in [0, 0.05) is 34.7 Å². The molecule has 3 aliphatic rings. The summed E-state index contributed by atoms with van der Waals surface area (Å²) in [6.07, 6.45) is 7.41. The van der Waals surface area contributed by atoms with Gasteiger partial charge in [0.2, 0.25) is 0 Å². The predicted molar refractivity (Wildman–Crippen MR) is 115 cm³/mol. The van der Waals surface area contributed by atoms with Gasteiger partial charge in [0.25, 0.3) is 0 Å². The van der Waals surface area contributed by atoms with Crippen LogP contribution in [0.1, 0.15) is 78.2 Å². The molecule has 156 valence electrons. The number of benzene rings is 1. The molecule has 1 aromatic carbocycles. The van der Waals surface area contributed by atoms with Gasteiger partial charge in [0.1, 0.15) is 0 Å². The van der Waals surface area contributed by atoms with E-state index >= 15 is 0 Å². The normalized spacial score (nSPS) is 26.4. The maximum Gasteiger partial charge on any atom is 0.178 e. The van der Waals surface area contributed by atoms with Crippen molar-refractivity contribution < 1.29 is 9.90 Å². The first kappa shape index (κ1) is 19.5. The minimum atomic E-state index is -0.282. The Bertz CT molecular complexity index is 995. The van der Waals surface area contributed by atoms with Gasteiger partial charge >= 0.3 is 0 Å². The maximum absolute atomic E-state index is 13.4. The summed E-state index contributed by atoms with van der Waals surface area (Å²) in [4.78, 5) is 15.6. The molecule has 2 aliphatic heterocycles. The summed E-state index contributed by atoms with van der Waals surface area (Å²) in [7, 11) is 0. The van der Waals surface area contributed by atoms with Crippen LogP contribution < -0.4 is 0 Å². The third kappa shape index (κ3) is 3.19. The topological polar surface area (TPSA) is 69.3 Å². The van der Waals surface area contributed by atoms with Crippen LogP contribution in [0.3, 0.4) is 0 Å². The van der Waals surface area contributed by atoms with Gasteiger partial charge < -0.3 is 9.67 Å². The van der Waals surface area contributed by atoms with Crippen molar-refractivity contribution >= 4 is 5.78 Å². The largest absolute Gasteiger partial charge is 0.391 e. The number of fused-ring (bicyclic) bond motifs is 2. The fourth-order valence-electron chi connectivity index (χ4n) is 6.03. The van der Waals surface area contributed by atoms with Gasteiger partial charge in [-0.15, -0.1) is 0 Å². The lowest BCUT2D eigenvalue weighted by Crippen LogP contribution is -2.36. The molecule has 5 heteroatoms. The molecule has 1 aromatic heterocycles. The quantitative estimate of drug-likeness (QED) is 0.764. The van der Waals surface area contributed by atoms with Crippen molar-refractivity contribution in [2.75, 3.05) is 6.54 Å². The lowest BCUT2D eigenvalue weighted by atomic mass is 9.98. The summed E-state index contributed by atoms with van der Waals surface area (Å²) >= 11 is 0. The average Bonchev–Trinajstić information content (AvgIpc) is 3.52. The van der Waals surface area contributed by atoms with E-state index in [0.29, 0.717) is 24.1 Å². The second-order valence-electron chi connectivity index (χ2n) is 9.24. The van der Waals surface area contributed by atoms with Crippen LogP contribution in [0.5, 0.6) is 0 Å². The summed E-state index contributed by atoms with van der Waals surface area (Å²) in [6.45, 7) is 2.44. The van der Waals surface area contributed by atoms with Gasteiger partial charge in [-0.3, -0.25) is 9.69 Å². The number of nitriles is 1. The molecule has 0 amide bonds. The molecule has 2 aromatic rings. The lowest BCUT2D eigenvalue weighted by molar-refractivity contribution is 0.0873. The van der Waals surface area contributed by atoms with Crippen LogP contribution in [0.4, 0.5) is 0 Å². The van der Waals surface area contributed by atoms with Crippen molar-refractivity contribution in [1.29, 1.82) is 5.26 Å². The summed E-state index contributed by atoms with van der Waals surface area (Å²) in [5.41, 5.74) is 4.68. The Labute approximate surface area is 177 Å². The number of rotatable bonds is 5. The standard InChI is InChI=1S/C25H29N3O2/c1-16-21(25(30)15-27-20-10-11-22(27)24(29)12-20)13-23(18-4-2-3-5-18)28(16)19-8-6-17(14-26)7-9-19/h6-9,13,18,20,22,24,29H,2-5,10-12,15H2,1H3/t20?,22-,24+/m1/s1. The lowest BCUT2D eigenvalue weighted by Gasteiger charge is -2.21. The molecule has 3 atom stereocenters. The van der Waals surface area contributed by atoms with Crippen molar-refractivity contribution in [3.05, 3.63) is 52.8 Å². The number of nitrogens with zero attached hydrogens (tertiary/aromatic N) is 3. The van der Waals surface area contributed by atoms with Crippen molar-refractivity contribution in [1.82, 2.24) is 9.47 Å². The van der Waals surface area contributed by atoms with Gasteiger partial charge in [0.05, 0.1) is 24.3 Å². The summed E-state index contributed by atoms with van der Waals surface area (Å²) in [6, 6.07) is 12.5. The second kappa shape index (κ2) is 7.68. The van der Waals surface area contributed by atoms with E-state index in [2.05, 4.69) is 21.6 Å². The fraction of sp³-hybridized carbons (Fsp3) is 0.520. The molecule has 1 N–H and O–H groups in total. The number of aliphatic hydroxyl groups is 1. The van der Waals surface area contributed by atoms with Crippen molar-refractivity contribution in [3.8, 4) is 11.8 Å². The second-order valence-corrected chi connectivity index (χ2v) is 9.24. The molecule has 1 saturated carbocycles. The predicted octanol–water partition coefficient (Wildman–Crippen LogP) is 4.10. The molecular weight excluding hydrogens is 374 g/mol. The Balaban J connectivity index is 1.49. The summed E-state index contributed by atoms with van der Waals surface area (Å²) < 4.78 is 2.23. The summed E-state index contributed by atoms with van der Waals surface area (Å²) in [5, 5.41) is 19.4. The molecule has 5 rings (SSSR count). The average molecular weight is 404 g/mol. The van der Waals surface area contributed by atoms with Crippen LogP contribution in [0.15, 0.2) is 30.3 Å². The van der Waals surface area contributed by atoms with E-state index in [-0.39, 0.29) is 17.9 Å². The molecule has 3 fully saturated rings. The van der Waals surface area contributed by atoms with E-state index < -0.39 is 0 Å². The van der Waals surface area contributed by atoms with Crippen LogP contribution in [0, 0.1) is 18.3 Å². The van der Waals surface area contributed by atoms with E-state index in [4.69, 9.17) is 5.26 Å². The highest BCUT2D eigenvalue weighted by atomic mass is 16.3. The van der Waals surface area contributed by atoms with E-state index in [1.54, 1.807) is 0 Å². The fourth-order valence-corrected chi connectivity index (χ4v) is 6.03. The van der Waals surface area contributed by atoms with Crippen molar-refractivity contribution in [2.45, 2.75) is 76.0 Å². The minimum absolute atomic E-state index is 0.147. The number of aromatic nitrogens is 1. The number of hydrogen-bond acceptors (Lipinski definition) is 4. The van der Waals surface area contributed by atoms with Gasteiger partial charge in [-0.1, -0.05) is 12.8 Å². The molecule has 1 unspecified atom stereocenters.